The molecule has 0 fully saturated rings. The van der Waals surface area contributed by atoms with E-state index < -0.39 is 37.8 Å². The van der Waals surface area contributed by atoms with E-state index in [4.69, 9.17) is 10.7 Å². The summed E-state index contributed by atoms with van der Waals surface area (Å²) >= 11 is 0. The Hall–Kier alpha value is -1.48. The summed E-state index contributed by atoms with van der Waals surface area (Å²) in [5.74, 6) is -1.32. The van der Waals surface area contributed by atoms with Gasteiger partial charge in [0.2, 0.25) is 9.05 Å². The highest BCUT2D eigenvalue weighted by Gasteiger charge is 2.18. The van der Waals surface area contributed by atoms with Crippen LogP contribution in [-0.4, -0.2) is 20.0 Å². The molecule has 1 aromatic carbocycles. The highest BCUT2D eigenvalue weighted by Crippen LogP contribution is 2.28. The summed E-state index contributed by atoms with van der Waals surface area (Å²) in [6.07, 6.45) is 0. The summed E-state index contributed by atoms with van der Waals surface area (Å²) in [5, 5.41) is 10.5. The van der Waals surface area contributed by atoms with Crippen molar-refractivity contribution in [2.75, 3.05) is 0 Å². The van der Waals surface area contributed by atoms with Gasteiger partial charge in [0.1, 0.15) is 5.75 Å². The Bertz CT molecular complexity index is 563. The van der Waals surface area contributed by atoms with Crippen molar-refractivity contribution in [2.45, 2.75) is 12.4 Å². The van der Waals surface area contributed by atoms with Gasteiger partial charge >= 0.3 is 6.61 Å². The van der Waals surface area contributed by atoms with Gasteiger partial charge in [0.25, 0.3) is 5.69 Å². The van der Waals surface area contributed by atoms with Crippen molar-refractivity contribution in [1.82, 2.24) is 0 Å². The van der Waals surface area contributed by atoms with Gasteiger partial charge in [-0.25, -0.2) is 8.42 Å². The predicted molar refractivity (Wildman–Crippen MR) is 58.2 cm³/mol. The van der Waals surface area contributed by atoms with Crippen LogP contribution in [0.1, 0.15) is 5.56 Å². The highest BCUT2D eigenvalue weighted by atomic mass is 35.7. The van der Waals surface area contributed by atoms with Crippen molar-refractivity contribution in [3.8, 4) is 5.75 Å². The number of alkyl halides is 2. The molecule has 0 aliphatic rings. The first-order valence-corrected chi connectivity index (χ1v) is 6.81. The summed E-state index contributed by atoms with van der Waals surface area (Å²) < 4.78 is 49.9. The molecule has 0 saturated heterocycles. The zero-order valence-corrected chi connectivity index (χ0v) is 10.1. The van der Waals surface area contributed by atoms with Gasteiger partial charge in [-0.2, -0.15) is 8.78 Å². The fourth-order valence-corrected chi connectivity index (χ4v) is 2.14. The third-order valence-corrected chi connectivity index (χ3v) is 2.78. The number of hydrogen-bond acceptors (Lipinski definition) is 5. The average Bonchev–Trinajstić information content (AvgIpc) is 2.17. The fourth-order valence-electron chi connectivity index (χ4n) is 1.19. The molecule has 0 spiro atoms. The van der Waals surface area contributed by atoms with E-state index in [2.05, 4.69) is 4.74 Å². The van der Waals surface area contributed by atoms with Gasteiger partial charge < -0.3 is 4.74 Å². The maximum absolute atomic E-state index is 12.1. The molecule has 0 heterocycles. The van der Waals surface area contributed by atoms with Crippen molar-refractivity contribution in [2.24, 2.45) is 0 Å². The van der Waals surface area contributed by atoms with Crippen molar-refractivity contribution in [1.29, 1.82) is 0 Å². The second-order valence-electron chi connectivity index (χ2n) is 3.11. The van der Waals surface area contributed by atoms with E-state index in [9.17, 15) is 27.3 Å². The Labute approximate surface area is 105 Å². The number of hydrogen-bond donors (Lipinski definition) is 0. The third-order valence-electron chi connectivity index (χ3n) is 1.80. The summed E-state index contributed by atoms with van der Waals surface area (Å²) in [5.41, 5.74) is -0.758. The van der Waals surface area contributed by atoms with E-state index in [-0.39, 0.29) is 5.56 Å². The summed E-state index contributed by atoms with van der Waals surface area (Å²) in [4.78, 5) is 9.69. The minimum atomic E-state index is -4.05. The van der Waals surface area contributed by atoms with Crippen molar-refractivity contribution < 1.29 is 26.9 Å². The maximum Gasteiger partial charge on any atom is 0.387 e. The molecule has 0 aliphatic carbocycles. The number of nitro groups is 1. The van der Waals surface area contributed by atoms with Gasteiger partial charge in [0, 0.05) is 28.4 Å². The van der Waals surface area contributed by atoms with E-state index >= 15 is 0 Å². The molecule has 0 radical (unpaired) electrons. The Balaban J connectivity index is 3.21. The molecule has 1 aromatic rings. The van der Waals surface area contributed by atoms with Crippen molar-refractivity contribution in [3.05, 3.63) is 33.9 Å². The molecule has 0 saturated carbocycles. The van der Waals surface area contributed by atoms with Crippen LogP contribution in [0.15, 0.2) is 18.2 Å². The lowest BCUT2D eigenvalue weighted by molar-refractivity contribution is -0.384. The molecule has 0 N–H and O–H groups in total. The Morgan fingerprint density at radius 3 is 2.50 bits per heavy atom. The topological polar surface area (TPSA) is 86.5 Å². The lowest BCUT2D eigenvalue weighted by Crippen LogP contribution is -2.06. The lowest BCUT2D eigenvalue weighted by atomic mass is 10.2. The van der Waals surface area contributed by atoms with Gasteiger partial charge in [-0.05, 0) is 6.07 Å². The molecule has 18 heavy (non-hydrogen) atoms. The maximum atomic E-state index is 12.1. The number of rotatable bonds is 5. The summed E-state index contributed by atoms with van der Waals surface area (Å²) in [6, 6.07) is 2.63. The zero-order chi connectivity index (χ0) is 13.9. The molecule has 1 rings (SSSR count). The zero-order valence-electron chi connectivity index (χ0n) is 8.55. The van der Waals surface area contributed by atoms with Crippen LogP contribution in [0.2, 0.25) is 0 Å². The quantitative estimate of drug-likeness (QED) is 0.473. The van der Waals surface area contributed by atoms with Gasteiger partial charge in [0.05, 0.1) is 10.7 Å². The van der Waals surface area contributed by atoms with Crippen LogP contribution in [0.5, 0.6) is 5.75 Å². The van der Waals surface area contributed by atoms with Crippen LogP contribution < -0.4 is 4.74 Å². The number of non-ortho nitro benzene ring substituents is 1. The van der Waals surface area contributed by atoms with E-state index in [1.165, 1.54) is 0 Å². The van der Waals surface area contributed by atoms with Crippen LogP contribution in [0.25, 0.3) is 0 Å². The number of nitrogens with zero attached hydrogens (tertiary/aromatic N) is 1. The van der Waals surface area contributed by atoms with Crippen LogP contribution in [0.4, 0.5) is 14.5 Å². The third kappa shape index (κ3) is 4.41. The fraction of sp³-hybridized carbons (Fsp3) is 0.250. The Morgan fingerprint density at radius 2 is 2.06 bits per heavy atom. The average molecular weight is 302 g/mol. The Morgan fingerprint density at radius 1 is 1.44 bits per heavy atom. The van der Waals surface area contributed by atoms with Crippen molar-refractivity contribution >= 4 is 25.4 Å². The first-order chi connectivity index (χ1) is 8.19. The van der Waals surface area contributed by atoms with E-state index in [0.29, 0.717) is 0 Å². The molecule has 0 unspecified atom stereocenters. The first-order valence-electron chi connectivity index (χ1n) is 4.33. The number of halogens is 3. The SMILES string of the molecule is O=[N+]([O-])c1ccc(OC(F)F)c(CS(=O)(=O)Cl)c1. The number of benzene rings is 1. The minimum Gasteiger partial charge on any atom is -0.435 e. The van der Waals surface area contributed by atoms with E-state index in [1.807, 2.05) is 0 Å². The van der Waals surface area contributed by atoms with Crippen LogP contribution in [-0.2, 0) is 14.8 Å². The first kappa shape index (κ1) is 14.6. The minimum absolute atomic E-state index is 0.306. The van der Waals surface area contributed by atoms with Crippen molar-refractivity contribution in [3.63, 3.8) is 0 Å². The molecule has 10 heteroatoms. The number of nitro benzene ring substituents is 1. The molecular formula is C8H6ClF2NO5S. The molecular weight excluding hydrogens is 296 g/mol. The monoisotopic (exact) mass is 301 g/mol. The van der Waals surface area contributed by atoms with Gasteiger partial charge in [-0.15, -0.1) is 0 Å². The molecule has 0 bridgehead atoms. The van der Waals surface area contributed by atoms with Gasteiger partial charge in [-0.1, -0.05) is 0 Å². The summed E-state index contributed by atoms with van der Waals surface area (Å²) in [7, 11) is 0.914. The molecule has 0 aromatic heterocycles. The normalized spacial score (nSPS) is 11.6. The molecule has 0 amide bonds. The van der Waals surface area contributed by atoms with Crippen LogP contribution in [0.3, 0.4) is 0 Å². The largest absolute Gasteiger partial charge is 0.435 e. The second-order valence-corrected chi connectivity index (χ2v) is 5.89. The molecule has 0 aliphatic heterocycles. The standard InChI is InChI=1S/C8H6ClF2NO5S/c9-18(15,16)4-5-3-6(12(13)14)1-2-7(5)17-8(10)11/h1-3,8H,4H2. The highest BCUT2D eigenvalue weighted by molar-refractivity contribution is 8.13. The van der Waals surface area contributed by atoms with Gasteiger partial charge in [0.15, 0.2) is 0 Å². The van der Waals surface area contributed by atoms with E-state index in [0.717, 1.165) is 18.2 Å². The lowest BCUT2D eigenvalue weighted by Gasteiger charge is -2.09. The smallest absolute Gasteiger partial charge is 0.387 e. The Kier molecular flexibility index (Phi) is 4.41. The van der Waals surface area contributed by atoms with Crippen LogP contribution >= 0.6 is 10.7 Å². The molecule has 0 atom stereocenters. The van der Waals surface area contributed by atoms with Gasteiger partial charge in [-0.3, -0.25) is 10.1 Å². The summed E-state index contributed by atoms with van der Waals surface area (Å²) in [6.45, 7) is -3.18. The molecule has 6 nitrogen and oxygen atoms in total. The number of ether oxygens (including phenoxy) is 1. The predicted octanol–water partition coefficient (Wildman–Crippen LogP) is 2.26. The molecule has 100 valence electrons. The van der Waals surface area contributed by atoms with Crippen LogP contribution in [0, 0.1) is 10.1 Å². The second kappa shape index (κ2) is 5.44. The van der Waals surface area contributed by atoms with E-state index in [1.54, 1.807) is 0 Å².